The van der Waals surface area contributed by atoms with E-state index in [0.717, 1.165) is 23.1 Å². The molecule has 98 valence electrons. The Hall–Kier alpha value is -1.87. The quantitative estimate of drug-likeness (QED) is 0.746. The Balaban J connectivity index is 2.20. The van der Waals surface area contributed by atoms with Gasteiger partial charge in [-0.3, -0.25) is 4.98 Å². The third kappa shape index (κ3) is 2.10. The van der Waals surface area contributed by atoms with Crippen LogP contribution in [-0.4, -0.2) is 9.97 Å². The molecule has 0 aliphatic carbocycles. The molecule has 0 saturated heterocycles. The van der Waals surface area contributed by atoms with E-state index in [-0.39, 0.29) is 6.04 Å². The lowest BCUT2D eigenvalue weighted by atomic mass is 10.0. The van der Waals surface area contributed by atoms with Gasteiger partial charge in [-0.2, -0.15) is 0 Å². The van der Waals surface area contributed by atoms with E-state index >= 15 is 0 Å². The largest absolute Gasteiger partial charge is 0.353 e. The Morgan fingerprint density at radius 3 is 2.74 bits per heavy atom. The number of benzene rings is 1. The average molecular weight is 253 g/mol. The fourth-order valence-corrected chi connectivity index (χ4v) is 2.70. The molecule has 0 fully saturated rings. The molecule has 3 N–H and O–H groups in total. The lowest BCUT2D eigenvalue weighted by Gasteiger charge is -2.14. The summed E-state index contributed by atoms with van der Waals surface area (Å²) in [6.45, 7) is 4.37. The van der Waals surface area contributed by atoms with Crippen LogP contribution in [0.2, 0.25) is 0 Å². The SMILES string of the molecule is CC(C)C[C@H](N)c1nccc2c1[nH]c1ccccc12. The topological polar surface area (TPSA) is 54.7 Å². The van der Waals surface area contributed by atoms with E-state index in [1.165, 1.54) is 10.8 Å². The highest BCUT2D eigenvalue weighted by atomic mass is 14.8. The summed E-state index contributed by atoms with van der Waals surface area (Å²) in [4.78, 5) is 7.96. The van der Waals surface area contributed by atoms with Crippen molar-refractivity contribution in [1.82, 2.24) is 9.97 Å². The minimum absolute atomic E-state index is 0.0169. The summed E-state index contributed by atoms with van der Waals surface area (Å²) in [5.41, 5.74) is 9.50. The van der Waals surface area contributed by atoms with Gasteiger partial charge < -0.3 is 10.7 Å². The van der Waals surface area contributed by atoms with E-state index in [1.54, 1.807) is 0 Å². The number of rotatable bonds is 3. The Morgan fingerprint density at radius 2 is 1.95 bits per heavy atom. The van der Waals surface area contributed by atoms with E-state index in [9.17, 15) is 0 Å². The van der Waals surface area contributed by atoms with E-state index < -0.39 is 0 Å². The molecule has 2 heterocycles. The van der Waals surface area contributed by atoms with E-state index in [4.69, 9.17) is 5.73 Å². The number of nitrogens with one attached hydrogen (secondary N) is 1. The number of aromatic nitrogens is 2. The Kier molecular flexibility index (Phi) is 2.99. The zero-order valence-electron chi connectivity index (χ0n) is 11.4. The van der Waals surface area contributed by atoms with Crippen molar-refractivity contribution < 1.29 is 0 Å². The standard InChI is InChI=1S/C16H19N3/c1-10(2)9-13(17)16-15-12(7-8-18-16)11-5-3-4-6-14(11)19-15/h3-8,10,13,19H,9,17H2,1-2H3/t13-/m0/s1. The fraction of sp³-hybridized carbons (Fsp3) is 0.312. The van der Waals surface area contributed by atoms with Gasteiger partial charge in [-0.05, 0) is 24.5 Å². The van der Waals surface area contributed by atoms with Gasteiger partial charge in [-0.25, -0.2) is 0 Å². The highest BCUT2D eigenvalue weighted by Gasteiger charge is 2.15. The molecule has 3 rings (SSSR count). The highest BCUT2D eigenvalue weighted by molar-refractivity contribution is 6.07. The van der Waals surface area contributed by atoms with E-state index in [2.05, 4.69) is 48.1 Å². The third-order valence-corrected chi connectivity index (χ3v) is 3.53. The van der Waals surface area contributed by atoms with Crippen molar-refractivity contribution in [3.63, 3.8) is 0 Å². The summed E-state index contributed by atoms with van der Waals surface area (Å²) in [5.74, 6) is 0.566. The van der Waals surface area contributed by atoms with Crippen LogP contribution in [0.3, 0.4) is 0 Å². The predicted molar refractivity (Wildman–Crippen MR) is 80.0 cm³/mol. The second kappa shape index (κ2) is 4.67. The smallest absolute Gasteiger partial charge is 0.0811 e. The van der Waals surface area contributed by atoms with Crippen LogP contribution in [0.15, 0.2) is 36.5 Å². The van der Waals surface area contributed by atoms with Crippen LogP contribution in [0.4, 0.5) is 0 Å². The summed E-state index contributed by atoms with van der Waals surface area (Å²) in [5, 5.41) is 2.44. The van der Waals surface area contributed by atoms with Gasteiger partial charge in [-0.1, -0.05) is 32.0 Å². The van der Waals surface area contributed by atoms with Gasteiger partial charge in [0.25, 0.3) is 0 Å². The molecule has 0 bridgehead atoms. The van der Waals surface area contributed by atoms with Crippen molar-refractivity contribution in [2.75, 3.05) is 0 Å². The van der Waals surface area contributed by atoms with Crippen molar-refractivity contribution in [1.29, 1.82) is 0 Å². The normalized spacial score (nSPS) is 13.5. The van der Waals surface area contributed by atoms with Crippen LogP contribution in [0.5, 0.6) is 0 Å². The molecule has 19 heavy (non-hydrogen) atoms. The molecule has 0 amide bonds. The van der Waals surface area contributed by atoms with E-state index in [1.807, 2.05) is 12.3 Å². The number of pyridine rings is 1. The molecule has 0 radical (unpaired) electrons. The van der Waals surface area contributed by atoms with Crippen LogP contribution in [0.25, 0.3) is 21.8 Å². The first kappa shape index (κ1) is 12.2. The number of nitrogens with two attached hydrogens (primary N) is 1. The summed E-state index contributed by atoms with van der Waals surface area (Å²) in [7, 11) is 0. The van der Waals surface area contributed by atoms with Gasteiger partial charge in [0.15, 0.2) is 0 Å². The fourth-order valence-electron chi connectivity index (χ4n) is 2.70. The first-order valence-corrected chi connectivity index (χ1v) is 6.77. The number of nitrogens with zero attached hydrogens (tertiary/aromatic N) is 1. The highest BCUT2D eigenvalue weighted by Crippen LogP contribution is 2.29. The molecule has 3 aromatic rings. The van der Waals surface area contributed by atoms with Gasteiger partial charge in [0.1, 0.15) is 0 Å². The molecule has 0 aliphatic rings. The molecule has 1 atom stereocenters. The number of hydrogen-bond acceptors (Lipinski definition) is 2. The van der Waals surface area contributed by atoms with Crippen molar-refractivity contribution >= 4 is 21.8 Å². The molecule has 0 spiro atoms. The first-order chi connectivity index (χ1) is 9.16. The van der Waals surface area contributed by atoms with Crippen molar-refractivity contribution in [3.05, 3.63) is 42.2 Å². The van der Waals surface area contributed by atoms with Crippen LogP contribution in [-0.2, 0) is 0 Å². The van der Waals surface area contributed by atoms with Crippen molar-refractivity contribution in [2.45, 2.75) is 26.3 Å². The molecule has 1 aromatic carbocycles. The van der Waals surface area contributed by atoms with Gasteiger partial charge >= 0.3 is 0 Å². The monoisotopic (exact) mass is 253 g/mol. The van der Waals surface area contributed by atoms with Crippen LogP contribution >= 0.6 is 0 Å². The number of hydrogen-bond donors (Lipinski definition) is 2. The number of fused-ring (bicyclic) bond motifs is 3. The molecule has 0 unspecified atom stereocenters. The number of aromatic amines is 1. The van der Waals surface area contributed by atoms with Gasteiger partial charge in [-0.15, -0.1) is 0 Å². The van der Waals surface area contributed by atoms with Crippen molar-refractivity contribution in [2.24, 2.45) is 11.7 Å². The molecule has 0 saturated carbocycles. The average Bonchev–Trinajstić information content (AvgIpc) is 2.76. The van der Waals surface area contributed by atoms with Crippen LogP contribution < -0.4 is 5.73 Å². The van der Waals surface area contributed by atoms with Gasteiger partial charge in [0.05, 0.1) is 11.2 Å². The van der Waals surface area contributed by atoms with Gasteiger partial charge in [0.2, 0.25) is 0 Å². The number of para-hydroxylation sites is 1. The molecule has 3 heteroatoms. The maximum atomic E-state index is 6.30. The summed E-state index contributed by atoms with van der Waals surface area (Å²) in [6, 6.07) is 10.4. The summed E-state index contributed by atoms with van der Waals surface area (Å²) >= 11 is 0. The zero-order valence-corrected chi connectivity index (χ0v) is 11.4. The molecule has 3 nitrogen and oxygen atoms in total. The van der Waals surface area contributed by atoms with Gasteiger partial charge in [0, 0.05) is 28.5 Å². The molecular formula is C16H19N3. The number of H-pyrrole nitrogens is 1. The second-order valence-corrected chi connectivity index (χ2v) is 5.53. The maximum Gasteiger partial charge on any atom is 0.0811 e. The molecular weight excluding hydrogens is 234 g/mol. The predicted octanol–water partition coefficient (Wildman–Crippen LogP) is 3.76. The van der Waals surface area contributed by atoms with Crippen molar-refractivity contribution in [3.8, 4) is 0 Å². The second-order valence-electron chi connectivity index (χ2n) is 5.53. The van der Waals surface area contributed by atoms with Crippen LogP contribution in [0.1, 0.15) is 32.0 Å². The molecule has 2 aromatic heterocycles. The Labute approximate surface area is 112 Å². The molecule has 0 aliphatic heterocycles. The summed E-state index contributed by atoms with van der Waals surface area (Å²) < 4.78 is 0. The maximum absolute atomic E-state index is 6.30. The van der Waals surface area contributed by atoms with Crippen LogP contribution in [0, 0.1) is 5.92 Å². The minimum Gasteiger partial charge on any atom is -0.353 e. The lowest BCUT2D eigenvalue weighted by molar-refractivity contribution is 0.504. The Morgan fingerprint density at radius 1 is 1.16 bits per heavy atom. The summed E-state index contributed by atoms with van der Waals surface area (Å²) in [6.07, 6.45) is 2.81. The third-order valence-electron chi connectivity index (χ3n) is 3.53. The first-order valence-electron chi connectivity index (χ1n) is 6.77. The lowest BCUT2D eigenvalue weighted by Crippen LogP contribution is -2.14. The minimum atomic E-state index is -0.0169. The Bertz CT molecular complexity index is 712. The van der Waals surface area contributed by atoms with E-state index in [0.29, 0.717) is 5.92 Å². The zero-order chi connectivity index (χ0) is 13.4.